The van der Waals surface area contributed by atoms with Gasteiger partial charge in [0.2, 0.25) is 0 Å². The van der Waals surface area contributed by atoms with Gasteiger partial charge in [0, 0.05) is 21.7 Å². The Labute approximate surface area is 131 Å². The van der Waals surface area contributed by atoms with Crippen molar-refractivity contribution < 1.29 is 4.74 Å². The van der Waals surface area contributed by atoms with E-state index >= 15 is 0 Å². The molecule has 1 nitrogen and oxygen atoms in total. The van der Waals surface area contributed by atoms with Crippen LogP contribution in [0.1, 0.15) is 20.8 Å². The molecule has 0 amide bonds. The van der Waals surface area contributed by atoms with Crippen LogP contribution in [0, 0.1) is 11.3 Å². The minimum atomic E-state index is 0.185. The Morgan fingerprint density at radius 1 is 1.10 bits per heavy atom. The lowest BCUT2D eigenvalue weighted by Gasteiger charge is -2.29. The zero-order valence-corrected chi connectivity index (χ0v) is 13.8. The molecule has 1 unspecified atom stereocenters. The molecule has 1 atom stereocenters. The van der Waals surface area contributed by atoms with Gasteiger partial charge in [-0.15, -0.1) is 0 Å². The number of halogens is 1. The van der Waals surface area contributed by atoms with E-state index in [1.807, 2.05) is 36.4 Å². The van der Waals surface area contributed by atoms with E-state index in [4.69, 9.17) is 16.3 Å². The van der Waals surface area contributed by atoms with E-state index in [1.165, 1.54) is 0 Å². The van der Waals surface area contributed by atoms with Gasteiger partial charge in [0.05, 0.1) is 6.61 Å². The molecule has 0 saturated heterocycles. The largest absolute Gasteiger partial charge is 0.493 e. The Morgan fingerprint density at radius 3 is 2.35 bits per heavy atom. The number of hydrogen-bond donors (Lipinski definition) is 1. The van der Waals surface area contributed by atoms with Crippen LogP contribution >= 0.6 is 24.2 Å². The molecular formula is C17H21ClOS. The normalized spacial score (nSPS) is 13.4. The lowest BCUT2D eigenvalue weighted by molar-refractivity contribution is 0.166. The topological polar surface area (TPSA) is 9.23 Å². The first-order valence-corrected chi connectivity index (χ1v) is 7.85. The molecule has 2 aromatic rings. The first-order chi connectivity index (χ1) is 9.43. The van der Waals surface area contributed by atoms with E-state index in [9.17, 15) is 0 Å². The molecule has 0 radical (unpaired) electrons. The van der Waals surface area contributed by atoms with Crippen LogP contribution in [0.15, 0.2) is 36.4 Å². The average molecular weight is 309 g/mol. The molecule has 0 N–H and O–H groups in total. The molecule has 0 aliphatic heterocycles. The van der Waals surface area contributed by atoms with Crippen LogP contribution in [0.3, 0.4) is 0 Å². The summed E-state index contributed by atoms with van der Waals surface area (Å²) in [6.45, 7) is 7.32. The summed E-state index contributed by atoms with van der Waals surface area (Å²) in [5, 5.41) is 2.85. The van der Waals surface area contributed by atoms with Gasteiger partial charge in [-0.3, -0.25) is 0 Å². The Bertz CT molecular complexity index is 589. The highest BCUT2D eigenvalue weighted by Crippen LogP contribution is 2.33. The molecule has 0 aromatic heterocycles. The van der Waals surface area contributed by atoms with E-state index in [2.05, 4.69) is 33.4 Å². The number of ether oxygens (including phenoxy) is 1. The quantitative estimate of drug-likeness (QED) is 0.737. The molecular weight excluding hydrogens is 288 g/mol. The highest BCUT2D eigenvalue weighted by molar-refractivity contribution is 7.80. The second-order valence-electron chi connectivity index (χ2n) is 6.15. The van der Waals surface area contributed by atoms with Gasteiger partial charge in [-0.05, 0) is 23.3 Å². The zero-order valence-electron chi connectivity index (χ0n) is 12.2. The molecule has 108 valence electrons. The van der Waals surface area contributed by atoms with Gasteiger partial charge in [0.1, 0.15) is 5.75 Å². The first kappa shape index (κ1) is 15.5. The molecule has 2 aromatic carbocycles. The van der Waals surface area contributed by atoms with Gasteiger partial charge < -0.3 is 4.74 Å². The fourth-order valence-electron chi connectivity index (χ4n) is 2.13. The molecule has 0 fully saturated rings. The summed E-state index contributed by atoms with van der Waals surface area (Å²) in [6, 6.07) is 11.9. The van der Waals surface area contributed by atoms with Crippen molar-refractivity contribution in [1.82, 2.24) is 0 Å². The summed E-state index contributed by atoms with van der Waals surface area (Å²) < 4.78 is 6.05. The summed E-state index contributed by atoms with van der Waals surface area (Å²) >= 11 is 10.7. The van der Waals surface area contributed by atoms with Crippen LogP contribution in [0.5, 0.6) is 5.75 Å². The number of benzene rings is 2. The average Bonchev–Trinajstić information content (AvgIpc) is 2.40. The predicted molar refractivity (Wildman–Crippen MR) is 91.3 cm³/mol. The number of fused-ring (bicyclic) bond motifs is 1. The van der Waals surface area contributed by atoms with Crippen molar-refractivity contribution >= 4 is 35.0 Å². The smallest absolute Gasteiger partial charge is 0.127 e. The van der Waals surface area contributed by atoms with Gasteiger partial charge >= 0.3 is 0 Å². The van der Waals surface area contributed by atoms with Crippen molar-refractivity contribution in [3.63, 3.8) is 0 Å². The van der Waals surface area contributed by atoms with Crippen LogP contribution in [-0.4, -0.2) is 12.4 Å². The molecule has 0 saturated carbocycles. The molecule has 3 heteroatoms. The number of thiol groups is 1. The van der Waals surface area contributed by atoms with E-state index in [0.29, 0.717) is 12.5 Å². The zero-order chi connectivity index (χ0) is 14.8. The van der Waals surface area contributed by atoms with E-state index < -0.39 is 0 Å². The van der Waals surface area contributed by atoms with Gasteiger partial charge in [-0.1, -0.05) is 56.6 Å². The monoisotopic (exact) mass is 308 g/mol. The fraction of sp³-hybridized carbons (Fsp3) is 0.412. The standard InChI is InChI=1S/C17H21ClOS/c1-17(2,3)12(11-20)10-19-16-9-8-15(18)13-6-4-5-7-14(13)16/h4-9,12,20H,10-11H2,1-3H3. The summed E-state index contributed by atoms with van der Waals surface area (Å²) in [5.74, 6) is 2.11. The fourth-order valence-corrected chi connectivity index (χ4v) is 3.01. The van der Waals surface area contributed by atoms with Crippen LogP contribution in [0.25, 0.3) is 10.8 Å². The van der Waals surface area contributed by atoms with Gasteiger partial charge in [-0.25, -0.2) is 0 Å². The van der Waals surface area contributed by atoms with Crippen molar-refractivity contribution in [2.75, 3.05) is 12.4 Å². The van der Waals surface area contributed by atoms with Gasteiger partial charge in [0.25, 0.3) is 0 Å². The summed E-state index contributed by atoms with van der Waals surface area (Å²) in [4.78, 5) is 0. The lowest BCUT2D eigenvalue weighted by atomic mass is 9.82. The maximum absolute atomic E-state index is 6.22. The molecule has 0 aliphatic rings. The third-order valence-electron chi connectivity index (χ3n) is 3.72. The summed E-state index contributed by atoms with van der Waals surface area (Å²) in [7, 11) is 0. The SMILES string of the molecule is CC(C)(C)C(CS)COc1ccc(Cl)c2ccccc12. The summed E-state index contributed by atoms with van der Waals surface area (Å²) in [6.07, 6.45) is 0. The maximum atomic E-state index is 6.22. The van der Waals surface area contributed by atoms with Gasteiger partial charge in [-0.2, -0.15) is 12.6 Å². The third-order valence-corrected chi connectivity index (χ3v) is 4.49. The predicted octanol–water partition coefficient (Wildman–Crippen LogP) is 5.46. The van der Waals surface area contributed by atoms with Crippen LogP contribution < -0.4 is 4.74 Å². The van der Waals surface area contributed by atoms with E-state index in [1.54, 1.807) is 0 Å². The van der Waals surface area contributed by atoms with Gasteiger partial charge in [0.15, 0.2) is 0 Å². The minimum absolute atomic E-state index is 0.185. The number of hydrogen-bond acceptors (Lipinski definition) is 2. The van der Waals surface area contributed by atoms with E-state index in [-0.39, 0.29) is 5.41 Å². The van der Waals surface area contributed by atoms with Crippen molar-refractivity contribution in [3.8, 4) is 5.75 Å². The lowest BCUT2D eigenvalue weighted by Crippen LogP contribution is -2.28. The summed E-state index contributed by atoms with van der Waals surface area (Å²) in [5.41, 5.74) is 0.185. The molecule has 0 aliphatic carbocycles. The van der Waals surface area contributed by atoms with Crippen molar-refractivity contribution in [2.45, 2.75) is 20.8 Å². The molecule has 0 bridgehead atoms. The Kier molecular flexibility index (Phi) is 4.87. The molecule has 0 spiro atoms. The highest BCUT2D eigenvalue weighted by Gasteiger charge is 2.24. The van der Waals surface area contributed by atoms with Crippen molar-refractivity contribution in [3.05, 3.63) is 41.4 Å². The maximum Gasteiger partial charge on any atom is 0.127 e. The molecule has 20 heavy (non-hydrogen) atoms. The third kappa shape index (κ3) is 3.42. The highest BCUT2D eigenvalue weighted by atomic mass is 35.5. The minimum Gasteiger partial charge on any atom is -0.493 e. The Hall–Kier alpha value is -0.860. The van der Waals surface area contributed by atoms with Crippen LogP contribution in [-0.2, 0) is 0 Å². The second-order valence-corrected chi connectivity index (χ2v) is 6.92. The Balaban J connectivity index is 2.25. The van der Waals surface area contributed by atoms with Crippen molar-refractivity contribution in [1.29, 1.82) is 0 Å². The molecule has 2 rings (SSSR count). The van der Waals surface area contributed by atoms with Crippen LogP contribution in [0.4, 0.5) is 0 Å². The second kappa shape index (κ2) is 6.28. The van der Waals surface area contributed by atoms with Crippen molar-refractivity contribution in [2.24, 2.45) is 11.3 Å². The Morgan fingerprint density at radius 2 is 1.75 bits per heavy atom. The van der Waals surface area contributed by atoms with Crippen LogP contribution in [0.2, 0.25) is 5.02 Å². The molecule has 0 heterocycles. The number of rotatable bonds is 4. The first-order valence-electron chi connectivity index (χ1n) is 6.84. The van der Waals surface area contributed by atoms with E-state index in [0.717, 1.165) is 27.3 Å².